The molecule has 0 aromatic heterocycles. The summed E-state index contributed by atoms with van der Waals surface area (Å²) in [5, 5.41) is 6.36. The van der Waals surface area contributed by atoms with Crippen LogP contribution in [0.3, 0.4) is 0 Å². The molecule has 0 bridgehead atoms. The minimum Gasteiger partial charge on any atom is -0.463 e. The van der Waals surface area contributed by atoms with E-state index in [1.807, 2.05) is 51.2 Å². The number of halogens is 1. The molecule has 0 aliphatic carbocycles. The fraction of sp³-hybridized carbons (Fsp3) is 0.280. The zero-order valence-electron chi connectivity index (χ0n) is 18.2. The number of anilines is 1. The third kappa shape index (κ3) is 7.30. The van der Waals surface area contributed by atoms with E-state index >= 15 is 0 Å². The molecule has 0 spiro atoms. The Kier molecular flexibility index (Phi) is 9.89. The standard InChI is InChI=1S/C20H18ClNOS.C5H10O2/c1-22-19-10-9-15(21)13-18(19)20(24-12-11-23)17-8-4-6-14-5-2-3-7-16(14)17;1-4(2)7-5(3)6/h2-11,13,20,22H,12H2,1H3;4H,1-3H3. The maximum Gasteiger partial charge on any atom is 0.302 e. The van der Waals surface area contributed by atoms with Gasteiger partial charge in [0.05, 0.1) is 17.1 Å². The number of carbonyl (C=O) groups excluding carboxylic acids is 2. The molecule has 0 radical (unpaired) electrons. The summed E-state index contributed by atoms with van der Waals surface area (Å²) in [7, 11) is 1.90. The van der Waals surface area contributed by atoms with Gasteiger partial charge >= 0.3 is 5.97 Å². The summed E-state index contributed by atoms with van der Waals surface area (Å²) in [6.07, 6.45) is 0.976. The molecule has 3 aromatic carbocycles. The number of nitrogens with one attached hydrogen (secondary N) is 1. The van der Waals surface area contributed by atoms with Crippen LogP contribution in [0.25, 0.3) is 10.8 Å². The van der Waals surface area contributed by atoms with Gasteiger partial charge in [-0.15, -0.1) is 11.8 Å². The van der Waals surface area contributed by atoms with Crippen LogP contribution in [-0.2, 0) is 14.3 Å². The first kappa shape index (κ1) is 24.8. The largest absolute Gasteiger partial charge is 0.463 e. The van der Waals surface area contributed by atoms with Crippen molar-refractivity contribution in [1.29, 1.82) is 0 Å². The number of fused-ring (bicyclic) bond motifs is 1. The van der Waals surface area contributed by atoms with E-state index in [0.717, 1.165) is 17.5 Å². The van der Waals surface area contributed by atoms with Crippen LogP contribution in [0.1, 0.15) is 37.1 Å². The third-order valence-corrected chi connectivity index (χ3v) is 5.81. The quantitative estimate of drug-likeness (QED) is 0.323. The van der Waals surface area contributed by atoms with E-state index in [1.54, 1.807) is 11.8 Å². The number of thioether (sulfide) groups is 1. The number of ether oxygens (including phenoxy) is 1. The van der Waals surface area contributed by atoms with E-state index < -0.39 is 0 Å². The van der Waals surface area contributed by atoms with Gasteiger partial charge in [0.1, 0.15) is 6.29 Å². The van der Waals surface area contributed by atoms with Crippen LogP contribution in [-0.4, -0.2) is 31.2 Å². The van der Waals surface area contributed by atoms with Gasteiger partial charge in [-0.1, -0.05) is 54.1 Å². The van der Waals surface area contributed by atoms with Crippen LogP contribution >= 0.6 is 23.4 Å². The van der Waals surface area contributed by atoms with Gasteiger partial charge < -0.3 is 14.8 Å². The Morgan fingerprint density at radius 2 is 1.81 bits per heavy atom. The molecule has 3 aromatic rings. The Morgan fingerprint density at radius 1 is 1.10 bits per heavy atom. The summed E-state index contributed by atoms with van der Waals surface area (Å²) in [5.41, 5.74) is 3.31. The summed E-state index contributed by atoms with van der Waals surface area (Å²) in [5.74, 6) is 0.221. The maximum atomic E-state index is 11.0. The Morgan fingerprint density at radius 3 is 2.42 bits per heavy atom. The normalized spacial score (nSPS) is 11.4. The second-order valence-corrected chi connectivity index (χ2v) is 8.66. The smallest absolute Gasteiger partial charge is 0.302 e. The Balaban J connectivity index is 0.000000423. The lowest BCUT2D eigenvalue weighted by molar-refractivity contribution is -0.144. The van der Waals surface area contributed by atoms with Crippen molar-refractivity contribution >= 4 is 52.1 Å². The average Bonchev–Trinajstić information content (AvgIpc) is 2.74. The molecule has 0 saturated heterocycles. The lowest BCUT2D eigenvalue weighted by Crippen LogP contribution is -2.06. The molecule has 0 amide bonds. The number of aldehydes is 1. The highest BCUT2D eigenvalue weighted by Gasteiger charge is 2.20. The highest BCUT2D eigenvalue weighted by Crippen LogP contribution is 2.42. The maximum absolute atomic E-state index is 11.0. The van der Waals surface area contributed by atoms with E-state index in [4.69, 9.17) is 11.6 Å². The van der Waals surface area contributed by atoms with Gasteiger partial charge in [-0.05, 0) is 53.9 Å². The fourth-order valence-corrected chi connectivity index (χ4v) is 4.48. The van der Waals surface area contributed by atoms with Crippen molar-refractivity contribution in [1.82, 2.24) is 0 Å². The van der Waals surface area contributed by atoms with Crippen molar-refractivity contribution in [2.75, 3.05) is 18.1 Å². The second-order valence-electron chi connectivity index (χ2n) is 7.09. The molecular weight excluding hydrogens is 430 g/mol. The lowest BCUT2D eigenvalue weighted by Gasteiger charge is -2.22. The third-order valence-electron chi connectivity index (χ3n) is 4.40. The molecule has 0 aliphatic heterocycles. The monoisotopic (exact) mass is 457 g/mol. The van der Waals surface area contributed by atoms with Gasteiger partial charge in [0.25, 0.3) is 0 Å². The van der Waals surface area contributed by atoms with Crippen molar-refractivity contribution < 1.29 is 14.3 Å². The van der Waals surface area contributed by atoms with Crippen LogP contribution in [0, 0.1) is 0 Å². The fourth-order valence-electron chi connectivity index (χ4n) is 3.27. The molecule has 0 fully saturated rings. The minimum absolute atomic E-state index is 0.0255. The summed E-state index contributed by atoms with van der Waals surface area (Å²) < 4.78 is 4.61. The van der Waals surface area contributed by atoms with Crippen molar-refractivity contribution in [2.24, 2.45) is 0 Å². The number of hydrogen-bond donors (Lipinski definition) is 1. The van der Waals surface area contributed by atoms with Crippen LogP contribution in [0.5, 0.6) is 0 Å². The van der Waals surface area contributed by atoms with E-state index in [0.29, 0.717) is 10.8 Å². The number of benzene rings is 3. The van der Waals surface area contributed by atoms with Gasteiger partial charge in [-0.2, -0.15) is 0 Å². The minimum atomic E-state index is -0.213. The van der Waals surface area contributed by atoms with Gasteiger partial charge in [-0.25, -0.2) is 0 Å². The first-order valence-electron chi connectivity index (χ1n) is 10.0. The Hall–Kier alpha value is -2.50. The van der Waals surface area contributed by atoms with Gasteiger partial charge in [0, 0.05) is 24.7 Å². The van der Waals surface area contributed by atoms with Crippen molar-refractivity contribution in [3.63, 3.8) is 0 Å². The first-order chi connectivity index (χ1) is 14.9. The van der Waals surface area contributed by atoms with Crippen LogP contribution in [0.2, 0.25) is 5.02 Å². The van der Waals surface area contributed by atoms with Gasteiger partial charge in [0.15, 0.2) is 0 Å². The number of hydrogen-bond acceptors (Lipinski definition) is 5. The molecule has 1 unspecified atom stereocenters. The van der Waals surface area contributed by atoms with Crippen LogP contribution in [0.4, 0.5) is 5.69 Å². The van der Waals surface area contributed by atoms with Crippen LogP contribution in [0.15, 0.2) is 60.7 Å². The highest BCUT2D eigenvalue weighted by molar-refractivity contribution is 8.00. The molecule has 0 heterocycles. The average molecular weight is 458 g/mol. The zero-order valence-corrected chi connectivity index (χ0v) is 19.8. The summed E-state index contributed by atoms with van der Waals surface area (Å²) in [4.78, 5) is 21.0. The zero-order chi connectivity index (χ0) is 22.8. The molecule has 1 N–H and O–H groups in total. The van der Waals surface area contributed by atoms with Crippen LogP contribution < -0.4 is 5.32 Å². The second kappa shape index (κ2) is 12.4. The molecule has 6 heteroatoms. The van der Waals surface area contributed by atoms with E-state index in [2.05, 4.69) is 40.4 Å². The van der Waals surface area contributed by atoms with Crippen molar-refractivity contribution in [3.8, 4) is 0 Å². The van der Waals surface area contributed by atoms with Gasteiger partial charge in [-0.3, -0.25) is 4.79 Å². The lowest BCUT2D eigenvalue weighted by atomic mass is 9.97. The molecule has 0 saturated carbocycles. The van der Waals surface area contributed by atoms with Gasteiger partial charge in [0.2, 0.25) is 0 Å². The number of rotatable bonds is 7. The van der Waals surface area contributed by atoms with E-state index in [1.165, 1.54) is 23.3 Å². The van der Waals surface area contributed by atoms with E-state index in [-0.39, 0.29) is 17.3 Å². The molecule has 4 nitrogen and oxygen atoms in total. The molecule has 3 rings (SSSR count). The predicted octanol–water partition coefficient (Wildman–Crippen LogP) is 6.51. The molecule has 0 aliphatic rings. The molecule has 1 atom stereocenters. The number of carbonyl (C=O) groups is 2. The molecular formula is C25H28ClNO3S. The molecule has 31 heavy (non-hydrogen) atoms. The Labute approximate surface area is 193 Å². The first-order valence-corrected chi connectivity index (χ1v) is 11.5. The predicted molar refractivity (Wildman–Crippen MR) is 132 cm³/mol. The van der Waals surface area contributed by atoms with Crippen molar-refractivity contribution in [2.45, 2.75) is 32.1 Å². The summed E-state index contributed by atoms with van der Waals surface area (Å²) in [6.45, 7) is 5.04. The topological polar surface area (TPSA) is 55.4 Å². The van der Waals surface area contributed by atoms with E-state index in [9.17, 15) is 9.59 Å². The summed E-state index contributed by atoms with van der Waals surface area (Å²) >= 11 is 7.87. The highest BCUT2D eigenvalue weighted by atomic mass is 35.5. The van der Waals surface area contributed by atoms with Crippen molar-refractivity contribution in [3.05, 3.63) is 76.8 Å². The Bertz CT molecular complexity index is 1020. The summed E-state index contributed by atoms with van der Waals surface area (Å²) in [6, 6.07) is 20.5. The molecule has 164 valence electrons. The number of esters is 1. The SMILES string of the molecule is CC(=O)OC(C)C.CNc1ccc(Cl)cc1C(SCC=O)c1cccc2ccccc12.